The highest BCUT2D eigenvalue weighted by Crippen LogP contribution is 2.34. The highest BCUT2D eigenvalue weighted by molar-refractivity contribution is 8.26. The van der Waals surface area contributed by atoms with E-state index in [1.165, 1.54) is 24.9 Å². The van der Waals surface area contributed by atoms with Gasteiger partial charge in [0.1, 0.15) is 4.32 Å². The van der Waals surface area contributed by atoms with Crippen molar-refractivity contribution in [3.8, 4) is 11.5 Å². The van der Waals surface area contributed by atoms with Crippen LogP contribution in [0, 0.1) is 0 Å². The molecular weight excluding hydrogens is 432 g/mol. The summed E-state index contributed by atoms with van der Waals surface area (Å²) >= 11 is 6.64. The summed E-state index contributed by atoms with van der Waals surface area (Å²) in [6, 6.07) is 14.3. The van der Waals surface area contributed by atoms with Gasteiger partial charge < -0.3 is 15.2 Å². The number of methoxy groups -OCH3 is 1. The number of carbonyl (C=O) groups excluding carboxylic acids is 2. The Morgan fingerprint density at radius 1 is 1.19 bits per heavy atom. The van der Waals surface area contributed by atoms with Crippen molar-refractivity contribution >= 4 is 51.9 Å². The standard InChI is InChI=1S/C23H24N2O4S2/c1-29-19-14-16(11-12-18(19)26)15-20-22(28)25(23(30)31-20)13-7-3-6-10-21(27)24-17-8-4-2-5-9-17/h2,4-5,8-9,11-12,14-15,26H,3,6-7,10,13H2,1H3,(H,24,27)/b20-15-. The molecule has 0 unspecified atom stereocenters. The van der Waals surface area contributed by atoms with E-state index in [1.54, 1.807) is 23.1 Å². The first-order chi connectivity index (χ1) is 15.0. The first-order valence-corrected chi connectivity index (χ1v) is 11.2. The average Bonchev–Trinajstić information content (AvgIpc) is 3.02. The van der Waals surface area contributed by atoms with Crippen molar-refractivity contribution in [2.24, 2.45) is 0 Å². The van der Waals surface area contributed by atoms with E-state index in [2.05, 4.69) is 5.32 Å². The minimum atomic E-state index is -0.121. The van der Waals surface area contributed by atoms with Crippen LogP contribution in [0.4, 0.5) is 5.69 Å². The van der Waals surface area contributed by atoms with Crippen molar-refractivity contribution in [2.75, 3.05) is 19.0 Å². The minimum absolute atomic E-state index is 0.0101. The summed E-state index contributed by atoms with van der Waals surface area (Å²) < 4.78 is 5.64. The van der Waals surface area contributed by atoms with Gasteiger partial charge in [0.05, 0.1) is 12.0 Å². The number of thioether (sulfide) groups is 1. The minimum Gasteiger partial charge on any atom is -0.504 e. The number of hydrogen-bond acceptors (Lipinski definition) is 6. The number of nitrogens with one attached hydrogen (secondary N) is 1. The molecule has 1 heterocycles. The second kappa shape index (κ2) is 11.0. The van der Waals surface area contributed by atoms with Crippen LogP contribution in [0.25, 0.3) is 6.08 Å². The number of benzene rings is 2. The van der Waals surface area contributed by atoms with Crippen LogP contribution >= 0.6 is 24.0 Å². The number of carbonyl (C=O) groups is 2. The van der Waals surface area contributed by atoms with E-state index in [0.717, 1.165) is 30.5 Å². The molecule has 162 valence electrons. The number of rotatable bonds is 9. The van der Waals surface area contributed by atoms with Crippen LogP contribution in [0.5, 0.6) is 11.5 Å². The molecule has 1 fully saturated rings. The third-order valence-electron chi connectivity index (χ3n) is 4.72. The third kappa shape index (κ3) is 6.32. The second-order valence-electron chi connectivity index (χ2n) is 6.99. The van der Waals surface area contributed by atoms with Gasteiger partial charge in [0, 0.05) is 18.7 Å². The zero-order valence-corrected chi connectivity index (χ0v) is 18.8. The maximum absolute atomic E-state index is 12.7. The number of ether oxygens (including phenoxy) is 1. The molecule has 1 aliphatic heterocycles. The Kier molecular flexibility index (Phi) is 8.08. The Bertz CT molecular complexity index is 992. The summed E-state index contributed by atoms with van der Waals surface area (Å²) in [5, 5.41) is 12.6. The summed E-state index contributed by atoms with van der Waals surface area (Å²) in [6.45, 7) is 0.529. The molecule has 3 rings (SSSR count). The molecule has 0 bridgehead atoms. The summed E-state index contributed by atoms with van der Waals surface area (Å²) in [5.74, 6) is 0.262. The van der Waals surface area contributed by atoms with Crippen molar-refractivity contribution < 1.29 is 19.4 Å². The van der Waals surface area contributed by atoms with Crippen LogP contribution in [0.3, 0.4) is 0 Å². The first-order valence-electron chi connectivity index (χ1n) is 9.95. The Morgan fingerprint density at radius 2 is 1.97 bits per heavy atom. The van der Waals surface area contributed by atoms with E-state index >= 15 is 0 Å². The van der Waals surface area contributed by atoms with Crippen molar-refractivity contribution in [2.45, 2.75) is 25.7 Å². The van der Waals surface area contributed by atoms with Crippen LogP contribution in [-0.4, -0.2) is 39.8 Å². The van der Waals surface area contributed by atoms with Crippen molar-refractivity contribution in [1.82, 2.24) is 4.90 Å². The van der Waals surface area contributed by atoms with Gasteiger partial charge in [-0.25, -0.2) is 0 Å². The predicted molar refractivity (Wildman–Crippen MR) is 128 cm³/mol. The Morgan fingerprint density at radius 3 is 2.71 bits per heavy atom. The Hall–Kier alpha value is -2.84. The topological polar surface area (TPSA) is 78.9 Å². The van der Waals surface area contributed by atoms with E-state index in [9.17, 15) is 14.7 Å². The lowest BCUT2D eigenvalue weighted by Gasteiger charge is -2.14. The largest absolute Gasteiger partial charge is 0.504 e. The number of aromatic hydroxyl groups is 1. The van der Waals surface area contributed by atoms with Gasteiger partial charge in [0.25, 0.3) is 5.91 Å². The molecule has 0 aromatic heterocycles. The van der Waals surface area contributed by atoms with Crippen LogP contribution in [0.2, 0.25) is 0 Å². The van der Waals surface area contributed by atoms with Crippen LogP contribution < -0.4 is 10.1 Å². The van der Waals surface area contributed by atoms with E-state index in [4.69, 9.17) is 17.0 Å². The summed E-state index contributed by atoms with van der Waals surface area (Å²) in [6.07, 6.45) is 4.53. The van der Waals surface area contributed by atoms with E-state index in [0.29, 0.717) is 27.9 Å². The van der Waals surface area contributed by atoms with Gasteiger partial charge in [0.15, 0.2) is 11.5 Å². The fourth-order valence-corrected chi connectivity index (χ4v) is 4.41. The molecule has 8 heteroatoms. The smallest absolute Gasteiger partial charge is 0.266 e. The Balaban J connectivity index is 1.45. The first kappa shape index (κ1) is 22.8. The average molecular weight is 457 g/mol. The molecule has 0 radical (unpaired) electrons. The highest BCUT2D eigenvalue weighted by Gasteiger charge is 2.31. The quantitative estimate of drug-likeness (QED) is 0.321. The maximum Gasteiger partial charge on any atom is 0.266 e. The molecule has 1 saturated heterocycles. The van der Waals surface area contributed by atoms with Crippen molar-refractivity contribution in [3.63, 3.8) is 0 Å². The van der Waals surface area contributed by atoms with Gasteiger partial charge in [-0.05, 0) is 48.7 Å². The van der Waals surface area contributed by atoms with Crippen LogP contribution in [-0.2, 0) is 9.59 Å². The SMILES string of the molecule is COc1cc(/C=C2\SC(=S)N(CCCCCC(=O)Nc3ccccc3)C2=O)ccc1O. The Labute approximate surface area is 191 Å². The predicted octanol–water partition coefficient (Wildman–Crippen LogP) is 4.80. The number of thiocarbonyl (C=S) groups is 1. The van der Waals surface area contributed by atoms with Gasteiger partial charge in [-0.15, -0.1) is 0 Å². The van der Waals surface area contributed by atoms with E-state index < -0.39 is 0 Å². The number of anilines is 1. The van der Waals surface area contributed by atoms with Crippen LogP contribution in [0.1, 0.15) is 31.2 Å². The lowest BCUT2D eigenvalue weighted by Crippen LogP contribution is -2.29. The lowest BCUT2D eigenvalue weighted by atomic mass is 10.1. The molecule has 31 heavy (non-hydrogen) atoms. The number of para-hydroxylation sites is 1. The summed E-state index contributed by atoms with van der Waals surface area (Å²) in [5.41, 5.74) is 1.54. The molecule has 0 atom stereocenters. The molecule has 0 spiro atoms. The molecule has 2 aromatic carbocycles. The molecule has 0 aliphatic carbocycles. The fourth-order valence-electron chi connectivity index (χ4n) is 3.11. The molecular formula is C23H24N2O4S2. The molecule has 2 aromatic rings. The second-order valence-corrected chi connectivity index (χ2v) is 8.67. The van der Waals surface area contributed by atoms with Gasteiger partial charge >= 0.3 is 0 Å². The number of unbranched alkanes of at least 4 members (excludes halogenated alkanes) is 2. The molecule has 1 aliphatic rings. The molecule has 6 nitrogen and oxygen atoms in total. The monoisotopic (exact) mass is 456 g/mol. The number of hydrogen-bond donors (Lipinski definition) is 2. The van der Waals surface area contributed by atoms with Gasteiger partial charge in [-0.2, -0.15) is 0 Å². The van der Waals surface area contributed by atoms with E-state index in [-0.39, 0.29) is 17.6 Å². The van der Waals surface area contributed by atoms with Gasteiger partial charge in [-0.3, -0.25) is 14.5 Å². The number of amides is 2. The van der Waals surface area contributed by atoms with Crippen molar-refractivity contribution in [3.05, 3.63) is 59.0 Å². The molecule has 2 N–H and O–H groups in total. The number of phenolic OH excluding ortho intramolecular Hbond substituents is 1. The molecule has 0 saturated carbocycles. The summed E-state index contributed by atoms with van der Waals surface area (Å²) in [4.78, 5) is 26.9. The van der Waals surface area contributed by atoms with Gasteiger partial charge in [0.2, 0.25) is 5.91 Å². The number of phenols is 1. The number of nitrogens with zero attached hydrogens (tertiary/aromatic N) is 1. The third-order valence-corrected chi connectivity index (χ3v) is 6.10. The van der Waals surface area contributed by atoms with E-state index in [1.807, 2.05) is 30.3 Å². The lowest BCUT2D eigenvalue weighted by molar-refractivity contribution is -0.122. The normalized spacial score (nSPS) is 14.9. The van der Waals surface area contributed by atoms with Gasteiger partial charge in [-0.1, -0.05) is 54.7 Å². The molecule has 2 amide bonds. The summed E-state index contributed by atoms with van der Waals surface area (Å²) in [7, 11) is 1.48. The zero-order chi connectivity index (χ0) is 22.2. The van der Waals surface area contributed by atoms with Crippen LogP contribution in [0.15, 0.2) is 53.4 Å². The van der Waals surface area contributed by atoms with Crippen molar-refractivity contribution in [1.29, 1.82) is 0 Å². The zero-order valence-electron chi connectivity index (χ0n) is 17.2. The fraction of sp³-hybridized carbons (Fsp3) is 0.261. The maximum atomic E-state index is 12.7. The highest BCUT2D eigenvalue weighted by atomic mass is 32.2.